The molecular weight excluding hydrogens is 192 g/mol. The highest BCUT2D eigenvalue weighted by Crippen LogP contribution is 2.15. The van der Waals surface area contributed by atoms with Crippen molar-refractivity contribution in [2.45, 2.75) is 39.7 Å². The fourth-order valence-electron chi connectivity index (χ4n) is 1.92. The van der Waals surface area contributed by atoms with Gasteiger partial charge in [-0.3, -0.25) is 9.59 Å². The van der Waals surface area contributed by atoms with E-state index in [0.29, 0.717) is 6.54 Å². The minimum absolute atomic E-state index is 0.0132. The van der Waals surface area contributed by atoms with Crippen LogP contribution in [0.4, 0.5) is 0 Å². The first kappa shape index (κ1) is 12.0. The Morgan fingerprint density at radius 1 is 1.47 bits per heavy atom. The molecule has 4 heteroatoms. The van der Waals surface area contributed by atoms with Gasteiger partial charge in [0.25, 0.3) is 0 Å². The van der Waals surface area contributed by atoms with Gasteiger partial charge in [0.1, 0.15) is 6.04 Å². The van der Waals surface area contributed by atoms with Gasteiger partial charge in [-0.15, -0.1) is 0 Å². The number of hydrogen-bond donors (Lipinski definition) is 1. The molecule has 1 N–H and O–H groups in total. The quantitative estimate of drug-likeness (QED) is 0.748. The Balaban J connectivity index is 2.74. The van der Waals surface area contributed by atoms with Crippen molar-refractivity contribution < 1.29 is 9.59 Å². The van der Waals surface area contributed by atoms with E-state index >= 15 is 0 Å². The van der Waals surface area contributed by atoms with Crippen molar-refractivity contribution in [2.75, 3.05) is 13.1 Å². The van der Waals surface area contributed by atoms with Crippen molar-refractivity contribution in [3.8, 4) is 0 Å². The van der Waals surface area contributed by atoms with E-state index in [0.717, 1.165) is 12.8 Å². The summed E-state index contributed by atoms with van der Waals surface area (Å²) in [5.74, 6) is 0.202. The maximum absolute atomic E-state index is 11.7. The third-order valence-electron chi connectivity index (χ3n) is 2.72. The summed E-state index contributed by atoms with van der Waals surface area (Å²) in [6, 6.07) is -0.280. The minimum Gasteiger partial charge on any atom is -0.345 e. The van der Waals surface area contributed by atoms with E-state index in [1.807, 2.05) is 13.8 Å². The number of carbonyl (C=O) groups is 2. The molecule has 1 aliphatic heterocycles. The van der Waals surface area contributed by atoms with E-state index in [-0.39, 0.29) is 30.3 Å². The van der Waals surface area contributed by atoms with E-state index in [4.69, 9.17) is 0 Å². The number of piperazine rings is 1. The molecule has 1 heterocycles. The zero-order chi connectivity index (χ0) is 11.4. The van der Waals surface area contributed by atoms with Gasteiger partial charge in [0, 0.05) is 6.54 Å². The van der Waals surface area contributed by atoms with Gasteiger partial charge in [-0.1, -0.05) is 27.2 Å². The molecule has 0 bridgehead atoms. The van der Waals surface area contributed by atoms with Gasteiger partial charge in [0.2, 0.25) is 11.8 Å². The Bertz CT molecular complexity index is 251. The zero-order valence-corrected chi connectivity index (χ0v) is 9.75. The van der Waals surface area contributed by atoms with E-state index < -0.39 is 0 Å². The lowest BCUT2D eigenvalue weighted by Gasteiger charge is -2.37. The first-order valence-corrected chi connectivity index (χ1v) is 5.65. The number of carbonyl (C=O) groups excluding carboxylic acids is 2. The van der Waals surface area contributed by atoms with Gasteiger partial charge >= 0.3 is 0 Å². The Kier molecular flexibility index (Phi) is 4.12. The highest BCUT2D eigenvalue weighted by Gasteiger charge is 2.35. The van der Waals surface area contributed by atoms with E-state index in [9.17, 15) is 9.59 Å². The average molecular weight is 212 g/mol. The van der Waals surface area contributed by atoms with Crippen molar-refractivity contribution in [1.82, 2.24) is 10.2 Å². The average Bonchev–Trinajstić information content (AvgIpc) is 2.18. The van der Waals surface area contributed by atoms with Gasteiger partial charge in [0.05, 0.1) is 6.54 Å². The second-order valence-electron chi connectivity index (χ2n) is 4.35. The normalized spacial score (nSPS) is 22.1. The van der Waals surface area contributed by atoms with Crippen LogP contribution in [0.1, 0.15) is 33.6 Å². The first-order chi connectivity index (χ1) is 7.07. The summed E-state index contributed by atoms with van der Waals surface area (Å²) in [6.45, 7) is 6.89. The molecule has 1 fully saturated rings. The molecule has 15 heavy (non-hydrogen) atoms. The van der Waals surface area contributed by atoms with Crippen LogP contribution >= 0.6 is 0 Å². The van der Waals surface area contributed by atoms with E-state index in [2.05, 4.69) is 12.2 Å². The molecular formula is C11H20N2O2. The lowest BCUT2D eigenvalue weighted by molar-refractivity contribution is -0.147. The van der Waals surface area contributed by atoms with Crippen molar-refractivity contribution in [3.05, 3.63) is 0 Å². The summed E-state index contributed by atoms with van der Waals surface area (Å²) in [6.07, 6.45) is 2.00. The van der Waals surface area contributed by atoms with Gasteiger partial charge in [0.15, 0.2) is 0 Å². The Morgan fingerprint density at radius 3 is 2.67 bits per heavy atom. The molecule has 0 spiro atoms. The van der Waals surface area contributed by atoms with Crippen LogP contribution in [-0.4, -0.2) is 35.8 Å². The van der Waals surface area contributed by atoms with Crippen molar-refractivity contribution in [3.63, 3.8) is 0 Å². The summed E-state index contributed by atoms with van der Waals surface area (Å²) < 4.78 is 0. The Morgan fingerprint density at radius 2 is 2.13 bits per heavy atom. The maximum atomic E-state index is 11.7. The third-order valence-corrected chi connectivity index (χ3v) is 2.72. The lowest BCUT2D eigenvalue weighted by Crippen LogP contribution is -2.60. The highest BCUT2D eigenvalue weighted by molar-refractivity contribution is 5.94. The second-order valence-corrected chi connectivity index (χ2v) is 4.35. The maximum Gasteiger partial charge on any atom is 0.243 e. The number of nitrogens with zero attached hydrogens (tertiary/aromatic N) is 1. The molecule has 0 aromatic rings. The molecule has 1 atom stereocenters. The van der Waals surface area contributed by atoms with Crippen LogP contribution in [0.5, 0.6) is 0 Å². The molecule has 0 aromatic carbocycles. The monoisotopic (exact) mass is 212 g/mol. The highest BCUT2D eigenvalue weighted by atomic mass is 16.2. The zero-order valence-electron chi connectivity index (χ0n) is 9.75. The largest absolute Gasteiger partial charge is 0.345 e. The molecule has 0 saturated carbocycles. The summed E-state index contributed by atoms with van der Waals surface area (Å²) in [5.41, 5.74) is 0. The van der Waals surface area contributed by atoms with Crippen LogP contribution in [-0.2, 0) is 9.59 Å². The molecule has 86 valence electrons. The van der Waals surface area contributed by atoms with E-state index in [1.165, 1.54) is 0 Å². The molecule has 0 radical (unpaired) electrons. The van der Waals surface area contributed by atoms with Gasteiger partial charge in [-0.05, 0) is 12.3 Å². The topological polar surface area (TPSA) is 49.4 Å². The number of unbranched alkanes of at least 4 members (excludes halogenated alkanes) is 1. The summed E-state index contributed by atoms with van der Waals surface area (Å²) >= 11 is 0. The predicted octanol–water partition coefficient (Wildman–Crippen LogP) is 0.769. The van der Waals surface area contributed by atoms with Crippen LogP contribution < -0.4 is 5.32 Å². The van der Waals surface area contributed by atoms with Crippen LogP contribution in [0.15, 0.2) is 0 Å². The Hall–Kier alpha value is -1.06. The van der Waals surface area contributed by atoms with Gasteiger partial charge in [-0.2, -0.15) is 0 Å². The first-order valence-electron chi connectivity index (χ1n) is 5.65. The fraction of sp³-hybridized carbons (Fsp3) is 0.818. The van der Waals surface area contributed by atoms with Crippen molar-refractivity contribution >= 4 is 11.8 Å². The standard InChI is InChI=1S/C11H20N2O2/c1-4-5-6-13-9(14)7-12-11(15)10(13)8(2)3/h8,10H,4-7H2,1-3H3,(H,12,15). The molecule has 1 aliphatic rings. The lowest BCUT2D eigenvalue weighted by atomic mass is 9.99. The van der Waals surface area contributed by atoms with Crippen LogP contribution in [0.25, 0.3) is 0 Å². The number of amides is 2. The summed E-state index contributed by atoms with van der Waals surface area (Å²) in [7, 11) is 0. The van der Waals surface area contributed by atoms with Crippen LogP contribution in [0.3, 0.4) is 0 Å². The SMILES string of the molecule is CCCCN1C(=O)CNC(=O)C1C(C)C. The predicted molar refractivity (Wildman–Crippen MR) is 58.3 cm³/mol. The molecule has 0 aromatic heterocycles. The van der Waals surface area contributed by atoms with Crippen LogP contribution in [0, 0.1) is 5.92 Å². The minimum atomic E-state index is -0.280. The van der Waals surface area contributed by atoms with Gasteiger partial charge < -0.3 is 10.2 Å². The van der Waals surface area contributed by atoms with Crippen LogP contribution in [0.2, 0.25) is 0 Å². The van der Waals surface area contributed by atoms with Crippen molar-refractivity contribution in [2.24, 2.45) is 5.92 Å². The molecule has 1 saturated heterocycles. The second kappa shape index (κ2) is 5.14. The summed E-state index contributed by atoms with van der Waals surface area (Å²) in [5, 5.41) is 2.64. The molecule has 2 amide bonds. The smallest absolute Gasteiger partial charge is 0.243 e. The number of nitrogens with one attached hydrogen (secondary N) is 1. The number of rotatable bonds is 4. The fourth-order valence-corrected chi connectivity index (χ4v) is 1.92. The Labute approximate surface area is 91.0 Å². The van der Waals surface area contributed by atoms with Gasteiger partial charge in [-0.25, -0.2) is 0 Å². The summed E-state index contributed by atoms with van der Waals surface area (Å²) in [4.78, 5) is 25.1. The molecule has 1 unspecified atom stereocenters. The molecule has 1 rings (SSSR count). The number of hydrogen-bond acceptors (Lipinski definition) is 2. The third kappa shape index (κ3) is 2.70. The van der Waals surface area contributed by atoms with E-state index in [1.54, 1.807) is 4.90 Å². The van der Waals surface area contributed by atoms with Crippen molar-refractivity contribution in [1.29, 1.82) is 0 Å². The molecule has 4 nitrogen and oxygen atoms in total. The molecule has 0 aliphatic carbocycles.